The predicted molar refractivity (Wildman–Crippen MR) is 102 cm³/mol. The summed E-state index contributed by atoms with van der Waals surface area (Å²) >= 11 is 1.54. The molecule has 0 radical (unpaired) electrons. The van der Waals surface area contributed by atoms with E-state index in [1.54, 1.807) is 18.3 Å². The van der Waals surface area contributed by atoms with Crippen LogP contribution in [0.5, 0.6) is 0 Å². The SMILES string of the molecule is Cn1ccnc1Sc1ccc(NC(=O)C2Cc3ccccc3C(=O)O2)cc1. The number of rotatable bonds is 4. The van der Waals surface area contributed by atoms with E-state index in [1.807, 2.05) is 54.2 Å². The first-order valence-corrected chi connectivity index (χ1v) is 9.27. The maximum Gasteiger partial charge on any atom is 0.339 e. The first-order chi connectivity index (χ1) is 13.1. The van der Waals surface area contributed by atoms with E-state index in [4.69, 9.17) is 4.74 Å². The number of amides is 1. The van der Waals surface area contributed by atoms with Crippen LogP contribution in [0.25, 0.3) is 0 Å². The monoisotopic (exact) mass is 379 g/mol. The predicted octanol–water partition coefficient (Wildman–Crippen LogP) is 3.29. The lowest BCUT2D eigenvalue weighted by molar-refractivity contribution is -0.125. The maximum atomic E-state index is 12.5. The van der Waals surface area contributed by atoms with Crippen molar-refractivity contribution in [2.24, 2.45) is 7.05 Å². The molecule has 1 N–H and O–H groups in total. The van der Waals surface area contributed by atoms with Crippen molar-refractivity contribution in [1.82, 2.24) is 9.55 Å². The molecule has 0 saturated heterocycles. The van der Waals surface area contributed by atoms with Crippen LogP contribution >= 0.6 is 11.8 Å². The topological polar surface area (TPSA) is 73.2 Å². The number of benzene rings is 2. The minimum atomic E-state index is -0.825. The number of nitrogens with one attached hydrogen (secondary N) is 1. The van der Waals surface area contributed by atoms with Crippen LogP contribution in [-0.4, -0.2) is 27.5 Å². The molecule has 0 saturated carbocycles. The lowest BCUT2D eigenvalue weighted by Gasteiger charge is -2.23. The Bertz CT molecular complexity index is 998. The number of imidazole rings is 1. The Morgan fingerprint density at radius 2 is 2.00 bits per heavy atom. The van der Waals surface area contributed by atoms with Crippen molar-refractivity contribution in [2.75, 3.05) is 5.32 Å². The lowest BCUT2D eigenvalue weighted by atomic mass is 9.98. The second-order valence-electron chi connectivity index (χ2n) is 6.19. The molecular formula is C20H17N3O3S. The van der Waals surface area contributed by atoms with Gasteiger partial charge < -0.3 is 14.6 Å². The molecule has 0 spiro atoms. The Morgan fingerprint density at radius 1 is 1.22 bits per heavy atom. The van der Waals surface area contributed by atoms with Gasteiger partial charge in [0.15, 0.2) is 11.3 Å². The summed E-state index contributed by atoms with van der Waals surface area (Å²) in [6.45, 7) is 0. The molecule has 0 bridgehead atoms. The van der Waals surface area contributed by atoms with Gasteiger partial charge in [-0.1, -0.05) is 30.0 Å². The first kappa shape index (κ1) is 17.4. The van der Waals surface area contributed by atoms with Crippen molar-refractivity contribution in [1.29, 1.82) is 0 Å². The number of fused-ring (bicyclic) bond motifs is 1. The van der Waals surface area contributed by atoms with Crippen LogP contribution in [0.4, 0.5) is 5.69 Å². The summed E-state index contributed by atoms with van der Waals surface area (Å²) in [7, 11) is 1.94. The highest BCUT2D eigenvalue weighted by molar-refractivity contribution is 7.99. The van der Waals surface area contributed by atoms with Gasteiger partial charge in [-0.25, -0.2) is 9.78 Å². The highest BCUT2D eigenvalue weighted by Gasteiger charge is 2.31. The fourth-order valence-electron chi connectivity index (χ4n) is 2.86. The zero-order valence-electron chi connectivity index (χ0n) is 14.6. The van der Waals surface area contributed by atoms with Crippen LogP contribution in [0.2, 0.25) is 0 Å². The van der Waals surface area contributed by atoms with Gasteiger partial charge in [0.1, 0.15) is 0 Å². The molecule has 1 aliphatic rings. The molecule has 1 amide bonds. The van der Waals surface area contributed by atoms with Crippen LogP contribution in [0.3, 0.4) is 0 Å². The van der Waals surface area contributed by atoms with Crippen molar-refractivity contribution in [2.45, 2.75) is 22.6 Å². The van der Waals surface area contributed by atoms with Gasteiger partial charge in [0.2, 0.25) is 0 Å². The second kappa shape index (κ2) is 7.28. The zero-order valence-corrected chi connectivity index (χ0v) is 15.4. The Labute approximate surface area is 160 Å². The fourth-order valence-corrected chi connectivity index (χ4v) is 3.66. The summed E-state index contributed by atoms with van der Waals surface area (Å²) in [6.07, 6.45) is 3.19. The Balaban J connectivity index is 1.41. The molecule has 2 heterocycles. The Kier molecular flexibility index (Phi) is 4.68. The van der Waals surface area contributed by atoms with E-state index >= 15 is 0 Å². The van der Waals surface area contributed by atoms with Gasteiger partial charge in [-0.3, -0.25) is 4.79 Å². The average molecular weight is 379 g/mol. The number of hydrogen-bond acceptors (Lipinski definition) is 5. The van der Waals surface area contributed by atoms with Crippen molar-refractivity contribution in [3.8, 4) is 0 Å². The number of nitrogens with zero attached hydrogens (tertiary/aromatic N) is 2. The normalized spacial score (nSPS) is 15.7. The fraction of sp³-hybridized carbons (Fsp3) is 0.150. The molecular weight excluding hydrogens is 362 g/mol. The number of carbonyl (C=O) groups excluding carboxylic acids is 2. The number of anilines is 1. The Hall–Kier alpha value is -3.06. The van der Waals surface area contributed by atoms with Gasteiger partial charge in [0, 0.05) is 36.4 Å². The molecule has 4 rings (SSSR count). The molecule has 27 heavy (non-hydrogen) atoms. The minimum absolute atomic E-state index is 0.331. The number of ether oxygens (including phenoxy) is 1. The zero-order chi connectivity index (χ0) is 18.8. The van der Waals surface area contributed by atoms with Crippen LogP contribution in [-0.2, 0) is 23.0 Å². The highest BCUT2D eigenvalue weighted by Crippen LogP contribution is 2.27. The Morgan fingerprint density at radius 3 is 2.74 bits per heavy atom. The van der Waals surface area contributed by atoms with Crippen molar-refractivity contribution in [3.63, 3.8) is 0 Å². The van der Waals surface area contributed by atoms with Crippen molar-refractivity contribution >= 4 is 29.3 Å². The summed E-state index contributed by atoms with van der Waals surface area (Å²) in [4.78, 5) is 29.9. The van der Waals surface area contributed by atoms with E-state index in [0.717, 1.165) is 15.6 Å². The van der Waals surface area contributed by atoms with E-state index in [2.05, 4.69) is 10.3 Å². The standard InChI is InChI=1S/C20H17N3O3S/c1-23-11-10-21-20(23)27-15-8-6-14(7-9-15)22-18(24)17-12-13-4-2-3-5-16(13)19(25)26-17/h2-11,17H,12H2,1H3,(H,22,24). The number of carbonyl (C=O) groups is 2. The smallest absolute Gasteiger partial charge is 0.339 e. The molecule has 1 unspecified atom stereocenters. The van der Waals surface area contributed by atoms with Crippen molar-refractivity contribution in [3.05, 3.63) is 72.1 Å². The van der Waals surface area contributed by atoms with E-state index in [-0.39, 0.29) is 5.91 Å². The lowest BCUT2D eigenvalue weighted by Crippen LogP contribution is -2.37. The molecule has 7 heteroatoms. The second-order valence-corrected chi connectivity index (χ2v) is 7.23. The largest absolute Gasteiger partial charge is 0.448 e. The van der Waals surface area contributed by atoms with Gasteiger partial charge in [0.25, 0.3) is 5.91 Å². The summed E-state index contributed by atoms with van der Waals surface area (Å²) in [5.41, 5.74) is 2.01. The van der Waals surface area contributed by atoms with Gasteiger partial charge in [-0.05, 0) is 35.9 Å². The molecule has 1 aliphatic heterocycles. The van der Waals surface area contributed by atoms with E-state index in [9.17, 15) is 9.59 Å². The number of esters is 1. The summed E-state index contributed by atoms with van der Waals surface area (Å²) < 4.78 is 7.23. The van der Waals surface area contributed by atoms with Gasteiger partial charge in [-0.15, -0.1) is 0 Å². The van der Waals surface area contributed by atoms with E-state index < -0.39 is 12.1 Å². The van der Waals surface area contributed by atoms with E-state index in [1.165, 1.54) is 11.8 Å². The number of hydrogen-bond donors (Lipinski definition) is 1. The van der Waals surface area contributed by atoms with Crippen LogP contribution in [0.15, 0.2) is 71.0 Å². The molecule has 6 nitrogen and oxygen atoms in total. The average Bonchev–Trinajstić information content (AvgIpc) is 3.08. The van der Waals surface area contributed by atoms with Crippen LogP contribution < -0.4 is 5.32 Å². The third kappa shape index (κ3) is 3.73. The molecule has 0 fully saturated rings. The molecule has 0 aliphatic carbocycles. The third-order valence-electron chi connectivity index (χ3n) is 4.29. The van der Waals surface area contributed by atoms with Crippen LogP contribution in [0.1, 0.15) is 15.9 Å². The number of aryl methyl sites for hydroxylation is 1. The van der Waals surface area contributed by atoms with Gasteiger partial charge >= 0.3 is 5.97 Å². The summed E-state index contributed by atoms with van der Waals surface area (Å²) in [5, 5.41) is 3.70. The van der Waals surface area contributed by atoms with Crippen molar-refractivity contribution < 1.29 is 14.3 Å². The maximum absolute atomic E-state index is 12.5. The summed E-state index contributed by atoms with van der Waals surface area (Å²) in [5.74, 6) is -0.791. The quantitative estimate of drug-likeness (QED) is 0.704. The number of aromatic nitrogens is 2. The molecule has 1 atom stereocenters. The summed E-state index contributed by atoms with van der Waals surface area (Å²) in [6, 6.07) is 14.7. The molecule has 136 valence electrons. The molecule has 1 aromatic heterocycles. The van der Waals surface area contributed by atoms with Gasteiger partial charge in [-0.2, -0.15) is 0 Å². The van der Waals surface area contributed by atoms with Gasteiger partial charge in [0.05, 0.1) is 5.56 Å². The first-order valence-electron chi connectivity index (χ1n) is 8.45. The van der Waals surface area contributed by atoms with E-state index in [0.29, 0.717) is 17.7 Å². The highest BCUT2D eigenvalue weighted by atomic mass is 32.2. The number of cyclic esters (lactones) is 1. The third-order valence-corrected chi connectivity index (χ3v) is 5.38. The minimum Gasteiger partial charge on any atom is -0.448 e. The van der Waals surface area contributed by atoms with Crippen LogP contribution in [0, 0.1) is 0 Å². The molecule has 3 aromatic rings. The molecule has 2 aromatic carbocycles.